The van der Waals surface area contributed by atoms with Crippen molar-refractivity contribution in [3.63, 3.8) is 0 Å². The Bertz CT molecular complexity index is 1010. The number of thiophene rings is 1. The Hall–Kier alpha value is -3.20. The van der Waals surface area contributed by atoms with Gasteiger partial charge < -0.3 is 15.6 Å². The smallest absolute Gasteiger partial charge is 0.345 e. The molecule has 0 bridgehead atoms. The second kappa shape index (κ2) is 12.6. The highest BCUT2D eigenvalue weighted by molar-refractivity contribution is 7.17. The Morgan fingerprint density at radius 1 is 1.03 bits per heavy atom. The molecule has 6 N–H and O–H groups in total. The highest BCUT2D eigenvalue weighted by Gasteiger charge is 2.13. The van der Waals surface area contributed by atoms with Gasteiger partial charge in [0.1, 0.15) is 17.2 Å². The van der Waals surface area contributed by atoms with E-state index in [0.29, 0.717) is 23.8 Å². The van der Waals surface area contributed by atoms with E-state index >= 15 is 0 Å². The molecule has 0 aliphatic rings. The summed E-state index contributed by atoms with van der Waals surface area (Å²) in [4.78, 5) is 22.9. The van der Waals surface area contributed by atoms with Gasteiger partial charge in [0.2, 0.25) is 0 Å². The third-order valence-electron chi connectivity index (χ3n) is 4.41. The van der Waals surface area contributed by atoms with Crippen molar-refractivity contribution >= 4 is 23.2 Å². The Morgan fingerprint density at radius 3 is 2.28 bits per heavy atom. The first-order chi connectivity index (χ1) is 15.3. The van der Waals surface area contributed by atoms with Gasteiger partial charge in [-0.1, -0.05) is 56.3 Å². The van der Waals surface area contributed by atoms with E-state index in [1.54, 1.807) is 6.07 Å². The molecule has 0 aliphatic heterocycles. The number of para-hydroxylation sites is 1. The van der Waals surface area contributed by atoms with Crippen molar-refractivity contribution in [2.24, 2.45) is 17.5 Å². The number of aromatic carboxylic acids is 1. The average Bonchev–Trinajstić information content (AvgIpc) is 3.28. The molecular weight excluding hydrogens is 426 g/mol. The number of benzene rings is 2. The number of amides is 1. The number of hydrogen-bond acceptors (Lipinski definition) is 6. The predicted molar refractivity (Wildman–Crippen MR) is 127 cm³/mol. The summed E-state index contributed by atoms with van der Waals surface area (Å²) in [6, 6.07) is 20.6. The van der Waals surface area contributed by atoms with E-state index in [9.17, 15) is 9.59 Å². The third kappa shape index (κ3) is 7.81. The number of nitrogens with one attached hydrogen (secondary N) is 1. The molecule has 8 heteroatoms. The summed E-state index contributed by atoms with van der Waals surface area (Å²) in [6.45, 7) is 4.49. The van der Waals surface area contributed by atoms with Crippen molar-refractivity contribution in [2.45, 2.75) is 32.9 Å². The molecule has 0 saturated heterocycles. The summed E-state index contributed by atoms with van der Waals surface area (Å²) in [6.07, 6.45) is 0.670. The summed E-state index contributed by atoms with van der Waals surface area (Å²) in [7, 11) is 0. The second-order valence-electron chi connectivity index (χ2n) is 7.48. The first kappa shape index (κ1) is 25.1. The summed E-state index contributed by atoms with van der Waals surface area (Å²) in [5.74, 6) is 4.85. The van der Waals surface area contributed by atoms with E-state index in [1.807, 2.05) is 79.9 Å². The Morgan fingerprint density at radius 2 is 1.69 bits per heavy atom. The number of hydrazine groups is 1. The fourth-order valence-electron chi connectivity index (χ4n) is 2.85. The van der Waals surface area contributed by atoms with Crippen LogP contribution < -0.4 is 21.7 Å². The molecule has 1 amide bonds. The summed E-state index contributed by atoms with van der Waals surface area (Å²) < 4.78 is 5.91. The van der Waals surface area contributed by atoms with E-state index in [-0.39, 0.29) is 5.91 Å². The van der Waals surface area contributed by atoms with Crippen LogP contribution in [0.25, 0.3) is 10.4 Å². The number of carboxylic acid groups (broad SMARTS) is 1. The van der Waals surface area contributed by atoms with E-state index in [0.717, 1.165) is 21.8 Å². The average molecular weight is 456 g/mol. The first-order valence-corrected chi connectivity index (χ1v) is 11.0. The van der Waals surface area contributed by atoms with Crippen molar-refractivity contribution in [1.82, 2.24) is 5.43 Å². The second-order valence-corrected chi connectivity index (χ2v) is 8.57. The zero-order valence-electron chi connectivity index (χ0n) is 18.2. The summed E-state index contributed by atoms with van der Waals surface area (Å²) in [5.41, 5.74) is 9.45. The highest BCUT2D eigenvalue weighted by Crippen LogP contribution is 2.35. The number of nitrogens with two attached hydrogens (primary N) is 2. The van der Waals surface area contributed by atoms with Crippen LogP contribution in [0.2, 0.25) is 0 Å². The molecule has 0 fully saturated rings. The molecule has 1 heterocycles. The lowest BCUT2D eigenvalue weighted by atomic mass is 10.0. The lowest BCUT2D eigenvalue weighted by Crippen LogP contribution is -2.44. The number of hydrogen-bond donors (Lipinski definition) is 4. The third-order valence-corrected chi connectivity index (χ3v) is 5.52. The maximum absolute atomic E-state index is 11.0. The largest absolute Gasteiger partial charge is 0.488 e. The zero-order valence-corrected chi connectivity index (χ0v) is 19.0. The SMILES string of the molecule is CC(C)C[C@H](N)C(=O)NN.O=C(O)c1ccc(-c2ccccc2OCc2ccccc2)s1. The predicted octanol–water partition coefficient (Wildman–Crippen LogP) is 4.04. The molecule has 3 rings (SSSR count). The van der Waals surface area contributed by atoms with Crippen LogP contribution in [0.3, 0.4) is 0 Å². The van der Waals surface area contributed by atoms with Crippen LogP contribution in [0.5, 0.6) is 5.75 Å². The molecule has 32 heavy (non-hydrogen) atoms. The van der Waals surface area contributed by atoms with Gasteiger partial charge >= 0.3 is 5.97 Å². The van der Waals surface area contributed by atoms with Crippen molar-refractivity contribution in [3.05, 3.63) is 77.2 Å². The van der Waals surface area contributed by atoms with Gasteiger partial charge in [-0.25, -0.2) is 10.6 Å². The lowest BCUT2D eigenvalue weighted by Gasteiger charge is -2.11. The number of carboxylic acids is 1. The van der Waals surface area contributed by atoms with Crippen molar-refractivity contribution in [3.8, 4) is 16.2 Å². The maximum atomic E-state index is 11.0. The standard InChI is InChI=1S/C18H14O3S.C6H15N3O/c19-18(20)17-11-10-16(22-17)14-8-4-5-9-15(14)21-12-13-6-2-1-3-7-13;1-4(2)3-5(7)6(10)9-8/h1-11H,12H2,(H,19,20);4-5H,3,7-8H2,1-2H3,(H,9,10)/t;5-/m.0/s1. The van der Waals surface area contributed by atoms with Gasteiger partial charge in [0.15, 0.2) is 0 Å². The van der Waals surface area contributed by atoms with Gasteiger partial charge in [-0.05, 0) is 42.2 Å². The van der Waals surface area contributed by atoms with E-state index < -0.39 is 12.0 Å². The molecule has 0 saturated carbocycles. The summed E-state index contributed by atoms with van der Waals surface area (Å²) in [5, 5.41) is 9.05. The van der Waals surface area contributed by atoms with Crippen molar-refractivity contribution in [2.75, 3.05) is 0 Å². The summed E-state index contributed by atoms with van der Waals surface area (Å²) >= 11 is 1.25. The fraction of sp³-hybridized carbons (Fsp3) is 0.250. The van der Waals surface area contributed by atoms with Crippen LogP contribution in [0, 0.1) is 5.92 Å². The topological polar surface area (TPSA) is 128 Å². The maximum Gasteiger partial charge on any atom is 0.345 e. The van der Waals surface area contributed by atoms with Gasteiger partial charge in [-0.2, -0.15) is 0 Å². The van der Waals surface area contributed by atoms with Gasteiger partial charge in [0.05, 0.1) is 6.04 Å². The van der Waals surface area contributed by atoms with Crippen LogP contribution in [0.1, 0.15) is 35.5 Å². The van der Waals surface area contributed by atoms with E-state index in [1.165, 1.54) is 11.3 Å². The monoisotopic (exact) mass is 455 g/mol. The molecule has 7 nitrogen and oxygen atoms in total. The van der Waals surface area contributed by atoms with Crippen LogP contribution >= 0.6 is 11.3 Å². The van der Waals surface area contributed by atoms with Gasteiger partial charge in [-0.3, -0.25) is 10.2 Å². The zero-order chi connectivity index (χ0) is 23.5. The first-order valence-electron chi connectivity index (χ1n) is 10.2. The highest BCUT2D eigenvalue weighted by atomic mass is 32.1. The Kier molecular flexibility index (Phi) is 9.87. The van der Waals surface area contributed by atoms with Gasteiger partial charge in [0, 0.05) is 10.4 Å². The minimum Gasteiger partial charge on any atom is -0.488 e. The molecule has 0 spiro atoms. The number of carbonyl (C=O) groups excluding carboxylic acids is 1. The minimum atomic E-state index is -0.904. The fourth-order valence-corrected chi connectivity index (χ4v) is 3.73. The molecule has 3 aromatic rings. The van der Waals surface area contributed by atoms with Crippen molar-refractivity contribution in [1.29, 1.82) is 0 Å². The van der Waals surface area contributed by atoms with Gasteiger partial charge in [-0.15, -0.1) is 11.3 Å². The number of carbonyl (C=O) groups is 2. The van der Waals surface area contributed by atoms with Crippen molar-refractivity contribution < 1.29 is 19.4 Å². The van der Waals surface area contributed by atoms with E-state index in [2.05, 4.69) is 0 Å². The molecular formula is C24H29N3O4S. The lowest BCUT2D eigenvalue weighted by molar-refractivity contribution is -0.122. The number of rotatable bonds is 8. The van der Waals surface area contributed by atoms with Crippen LogP contribution in [-0.2, 0) is 11.4 Å². The quantitative estimate of drug-likeness (QED) is 0.231. The molecule has 0 aliphatic carbocycles. The molecule has 0 radical (unpaired) electrons. The number of ether oxygens (including phenoxy) is 1. The molecule has 0 unspecified atom stereocenters. The Balaban J connectivity index is 0.000000309. The molecule has 170 valence electrons. The molecule has 2 aromatic carbocycles. The Labute approximate surface area is 192 Å². The molecule has 1 aromatic heterocycles. The van der Waals surface area contributed by atoms with Gasteiger partial charge in [0.25, 0.3) is 5.91 Å². The van der Waals surface area contributed by atoms with Crippen LogP contribution in [0.4, 0.5) is 0 Å². The van der Waals surface area contributed by atoms with Crippen LogP contribution in [0.15, 0.2) is 66.7 Å². The van der Waals surface area contributed by atoms with E-state index in [4.69, 9.17) is 21.4 Å². The normalized spacial score (nSPS) is 11.3. The minimum absolute atomic E-state index is 0.297. The van der Waals surface area contributed by atoms with Crippen LogP contribution in [-0.4, -0.2) is 23.0 Å². The molecule has 1 atom stereocenters.